The second kappa shape index (κ2) is 36.6. The predicted molar refractivity (Wildman–Crippen MR) is 246 cm³/mol. The molecule has 5 N–H and O–H groups in total. The maximum atomic E-state index is 11.5. The van der Waals surface area contributed by atoms with E-state index in [0.717, 1.165) is 76.0 Å². The van der Waals surface area contributed by atoms with Gasteiger partial charge in [0.2, 0.25) is 0 Å². The Bertz CT molecular complexity index is 1190. The minimum Gasteiger partial charge on any atom is -0.756 e. The summed E-state index contributed by atoms with van der Waals surface area (Å²) in [7, 11) is -4.94. The molecule has 14 nitrogen and oxygen atoms in total. The van der Waals surface area contributed by atoms with Gasteiger partial charge in [0.05, 0.1) is 33.0 Å². The zero-order valence-corrected chi connectivity index (χ0v) is 44.4. The van der Waals surface area contributed by atoms with Crippen LogP contribution in [0.15, 0.2) is 0 Å². The van der Waals surface area contributed by atoms with Crippen LogP contribution in [0.4, 0.5) is 0 Å². The van der Waals surface area contributed by atoms with E-state index in [1.165, 1.54) is 89.9 Å². The number of fused-ring (bicyclic) bond motifs is 2. The zero-order chi connectivity index (χ0) is 46.6. The van der Waals surface area contributed by atoms with Gasteiger partial charge in [0.25, 0.3) is 7.82 Å². The van der Waals surface area contributed by atoms with Gasteiger partial charge in [-0.3, -0.25) is 9.09 Å². The van der Waals surface area contributed by atoms with Crippen LogP contribution in [0.2, 0.25) is 0 Å². The summed E-state index contributed by atoms with van der Waals surface area (Å²) in [5.41, 5.74) is 0. The molecule has 1 aliphatic carbocycles. The van der Waals surface area contributed by atoms with Crippen LogP contribution in [-0.2, 0) is 37.5 Å². The third-order valence-electron chi connectivity index (χ3n) is 14.1. The molecule has 1 saturated carbocycles. The van der Waals surface area contributed by atoms with Crippen LogP contribution in [0, 0.1) is 35.5 Å². The summed E-state index contributed by atoms with van der Waals surface area (Å²) in [6, 6.07) is 0. The normalized spacial score (nSPS) is 36.4. The van der Waals surface area contributed by atoms with Crippen LogP contribution in [0.5, 0.6) is 0 Å². The van der Waals surface area contributed by atoms with Crippen LogP contribution >= 0.6 is 7.82 Å². The molecule has 2 bridgehead atoms. The summed E-state index contributed by atoms with van der Waals surface area (Å²) in [5, 5.41) is 40.2. The monoisotopic (exact) mass is 961 g/mol. The number of phosphoric ester groups is 1. The van der Waals surface area contributed by atoms with E-state index in [-0.39, 0.29) is 48.9 Å². The van der Waals surface area contributed by atoms with Gasteiger partial charge >= 0.3 is 29.6 Å². The van der Waals surface area contributed by atoms with E-state index in [4.69, 9.17) is 32.9 Å². The average molecular weight is 961 g/mol. The van der Waals surface area contributed by atoms with Gasteiger partial charge in [0, 0.05) is 19.8 Å². The smallest absolute Gasteiger partial charge is 0.756 e. The molecule has 2 aliphatic heterocycles. The summed E-state index contributed by atoms with van der Waals surface area (Å²) in [6.07, 6.45) is 20.0. The third-order valence-corrected chi connectivity index (χ3v) is 14.6. The van der Waals surface area contributed by atoms with Crippen LogP contribution in [-0.4, -0.2) is 121 Å². The zero-order valence-electron chi connectivity index (χ0n) is 41.5. The molecule has 0 aromatic rings. The minimum absolute atomic E-state index is 0. The first-order valence-corrected chi connectivity index (χ1v) is 27.3. The van der Waals surface area contributed by atoms with Crippen molar-refractivity contribution in [2.45, 2.75) is 225 Å². The fraction of sp³-hybridized carbons (Fsp3) is 1.00. The third kappa shape index (κ3) is 29.0. The molecule has 3 fully saturated rings. The number of hydrogen-bond donors (Lipinski definition) is 5. The summed E-state index contributed by atoms with van der Waals surface area (Å²) in [5.74, 6) is 3.95. The van der Waals surface area contributed by atoms with Crippen molar-refractivity contribution in [2.75, 3.05) is 52.9 Å². The first-order valence-electron chi connectivity index (χ1n) is 25.8. The van der Waals surface area contributed by atoms with E-state index >= 15 is 0 Å². The molecule has 0 spiro atoms. The average Bonchev–Trinajstić information content (AvgIpc) is 3.82. The van der Waals surface area contributed by atoms with Crippen molar-refractivity contribution in [1.82, 2.24) is 0 Å². The molecule has 0 aromatic carbocycles. The van der Waals surface area contributed by atoms with Crippen molar-refractivity contribution < 1.29 is 97.3 Å². The molecule has 380 valence electrons. The predicted octanol–water partition coefficient (Wildman–Crippen LogP) is 5.21. The first kappa shape index (κ1) is 61.8. The van der Waals surface area contributed by atoms with Crippen molar-refractivity contribution in [2.24, 2.45) is 35.5 Å². The van der Waals surface area contributed by atoms with Gasteiger partial charge in [-0.2, -0.15) is 0 Å². The summed E-state index contributed by atoms with van der Waals surface area (Å²) in [4.78, 5) is 20.8. The second-order valence-electron chi connectivity index (χ2n) is 20.3. The van der Waals surface area contributed by atoms with Crippen molar-refractivity contribution in [3.05, 3.63) is 0 Å². The van der Waals surface area contributed by atoms with Gasteiger partial charge < -0.3 is 58.6 Å². The summed E-state index contributed by atoms with van der Waals surface area (Å²) in [6.45, 7) is 11.0. The van der Waals surface area contributed by atoms with Crippen molar-refractivity contribution in [3.63, 3.8) is 0 Å². The Hall–Kier alpha value is 0.710. The fourth-order valence-corrected chi connectivity index (χ4v) is 10.1. The molecule has 3 unspecified atom stereocenters. The summed E-state index contributed by atoms with van der Waals surface area (Å²) >= 11 is 0. The first-order chi connectivity index (χ1) is 30.7. The Balaban J connectivity index is 0.0000145. The van der Waals surface area contributed by atoms with E-state index in [1.807, 2.05) is 0 Å². The standard InChI is InChI=1S/C49H95O14P.Na/c1-37-16-14-18-39(3)26-30-59-43(35-61-49-47(53)46(52)48(62-49)44(51)33-50)34-57-28-13-9-7-11-21-42-25-24-41(32-42)20-10-6-5-8-12-29-58-36-45(63-64(54,55)56)60-31-27-40(4)19-15-17-38(2)23-22-37;/h37-53H,5-36H2,1-4H3,(H2,54,55,56);/q;+1/p-1/t37?,38?,39-,40-,41-,42+,43+,44-,45+,46-,47-,48+,49-;/m1./s1. The summed E-state index contributed by atoms with van der Waals surface area (Å²) < 4.78 is 51.6. The Morgan fingerprint density at radius 1 is 0.615 bits per heavy atom. The quantitative estimate of drug-likeness (QED) is 0.164. The number of phosphoric acid groups is 1. The molecule has 16 heteroatoms. The Kier molecular flexibility index (Phi) is 34.8. The van der Waals surface area contributed by atoms with E-state index in [1.54, 1.807) is 0 Å². The van der Waals surface area contributed by atoms with Gasteiger partial charge in [0.1, 0.15) is 30.5 Å². The van der Waals surface area contributed by atoms with Gasteiger partial charge in [-0.05, 0) is 67.6 Å². The SMILES string of the molecule is CC1CCC[C@@H](C)CCO[C@H](CO[C@@H]2O[C@@H]([C@H](O)CO)[C@H](O)[C@H]2O)COCCCCCC[C@H]2CC[C@@H](CCCCCCCOC[C@H](OP(=O)([O-])O)OCC[C@H](C)CCCC(C)CC1)C2.[Na+]. The molecular formula is C49H94NaO14P. The van der Waals surface area contributed by atoms with Crippen LogP contribution in [0.25, 0.3) is 0 Å². The van der Waals surface area contributed by atoms with E-state index < -0.39 is 51.4 Å². The van der Waals surface area contributed by atoms with E-state index in [9.17, 15) is 34.8 Å². The van der Waals surface area contributed by atoms with Crippen molar-refractivity contribution in [1.29, 1.82) is 0 Å². The molecule has 14 atom stereocenters. The number of aliphatic hydroxyl groups excluding tert-OH is 4. The van der Waals surface area contributed by atoms with Gasteiger partial charge in [-0.25, -0.2) is 0 Å². The van der Waals surface area contributed by atoms with Crippen LogP contribution in [0.1, 0.15) is 182 Å². The number of ether oxygens (including phenoxy) is 6. The molecule has 65 heavy (non-hydrogen) atoms. The second-order valence-corrected chi connectivity index (χ2v) is 21.4. The number of hydrogen-bond acceptors (Lipinski definition) is 13. The molecule has 0 amide bonds. The van der Waals surface area contributed by atoms with Gasteiger partial charge in [-0.15, -0.1) is 0 Å². The topological polar surface area (TPSA) is 206 Å². The van der Waals surface area contributed by atoms with Crippen LogP contribution in [0.3, 0.4) is 0 Å². The maximum Gasteiger partial charge on any atom is 1.00 e. The minimum atomic E-state index is -4.94. The number of aliphatic hydroxyl groups is 4. The largest absolute Gasteiger partial charge is 1.00 e. The van der Waals surface area contributed by atoms with E-state index in [2.05, 4.69) is 27.7 Å². The van der Waals surface area contributed by atoms with Crippen molar-refractivity contribution in [3.8, 4) is 0 Å². The molecule has 3 aliphatic rings. The van der Waals surface area contributed by atoms with Gasteiger partial charge in [0.15, 0.2) is 12.6 Å². The molecule has 3 rings (SSSR count). The molecule has 0 aromatic heterocycles. The molecular weight excluding hydrogens is 866 g/mol. The molecule has 2 saturated heterocycles. The maximum absolute atomic E-state index is 11.5. The Morgan fingerprint density at radius 2 is 1.11 bits per heavy atom. The Morgan fingerprint density at radius 3 is 1.65 bits per heavy atom. The Labute approximate surface area is 416 Å². The molecule has 0 radical (unpaired) electrons. The fourth-order valence-electron chi connectivity index (χ4n) is 9.70. The molecule has 2 heterocycles. The van der Waals surface area contributed by atoms with E-state index in [0.29, 0.717) is 56.7 Å². The number of rotatable bonds is 7. The van der Waals surface area contributed by atoms with Gasteiger partial charge in [-0.1, -0.05) is 150 Å². The van der Waals surface area contributed by atoms with Crippen LogP contribution < -0.4 is 34.5 Å². The van der Waals surface area contributed by atoms with Crippen molar-refractivity contribution >= 4 is 7.82 Å².